The van der Waals surface area contributed by atoms with Crippen LogP contribution in [0, 0.1) is 0 Å². The van der Waals surface area contributed by atoms with E-state index in [1.165, 1.54) is 36.4 Å². The predicted molar refractivity (Wildman–Crippen MR) is 163 cm³/mol. The van der Waals surface area contributed by atoms with Gasteiger partial charge in [-0.15, -0.1) is 0 Å². The summed E-state index contributed by atoms with van der Waals surface area (Å²) in [5.41, 5.74) is -1.23. The Morgan fingerprint density at radius 1 is 0.979 bits per heavy atom. The highest BCUT2D eigenvalue weighted by molar-refractivity contribution is 5.90. The van der Waals surface area contributed by atoms with E-state index in [1.54, 1.807) is 19.1 Å². The van der Waals surface area contributed by atoms with Crippen molar-refractivity contribution in [2.24, 2.45) is 0 Å². The highest BCUT2D eigenvalue weighted by Gasteiger charge is 2.68. The summed E-state index contributed by atoms with van der Waals surface area (Å²) in [6.07, 6.45) is -5.64. The van der Waals surface area contributed by atoms with E-state index >= 15 is 0 Å². The molecule has 3 aliphatic rings. The minimum atomic E-state index is -2.27. The standard InChI is InChI=1S/C34H37NO13/c1-6-35(5)23-16-20-12-13-21(38)26-24(20)33(4)29(47-26)22(14-15-34(23,33)43)46-31(41)27(44-17(2)36)28(45-18(3)37)32(42)48-25(30(39)40)19-10-8-7-9-11-19/h7-14,23,25,27-29,38,43H,6,15-16H2,1-5H3,(H,39,40)/t23-,25-,27-,28-,29+,33+,34-/m1/s1. The summed E-state index contributed by atoms with van der Waals surface area (Å²) in [5, 5.41) is 32.9. The van der Waals surface area contributed by atoms with Gasteiger partial charge in [0.05, 0.1) is 11.0 Å². The van der Waals surface area contributed by atoms with Crippen LogP contribution in [0.3, 0.4) is 0 Å². The lowest BCUT2D eigenvalue weighted by Gasteiger charge is -2.56. The molecule has 0 aromatic heterocycles. The molecule has 2 aromatic carbocycles. The van der Waals surface area contributed by atoms with Crippen LogP contribution < -0.4 is 4.74 Å². The third kappa shape index (κ3) is 5.75. The van der Waals surface area contributed by atoms with E-state index in [0.717, 1.165) is 19.4 Å². The van der Waals surface area contributed by atoms with Crippen LogP contribution in [-0.4, -0.2) is 93.6 Å². The molecule has 0 radical (unpaired) electrons. The molecule has 0 bridgehead atoms. The summed E-state index contributed by atoms with van der Waals surface area (Å²) in [6, 6.07) is 10.3. The monoisotopic (exact) mass is 667 g/mol. The van der Waals surface area contributed by atoms with E-state index in [4.69, 9.17) is 23.7 Å². The number of ether oxygens (including phenoxy) is 5. The predicted octanol–water partition coefficient (Wildman–Crippen LogP) is 2.08. The van der Waals surface area contributed by atoms with Crippen LogP contribution in [-0.2, 0) is 54.8 Å². The van der Waals surface area contributed by atoms with Crippen molar-refractivity contribution < 1.29 is 63.0 Å². The highest BCUT2D eigenvalue weighted by Crippen LogP contribution is 2.62. The van der Waals surface area contributed by atoms with Crippen molar-refractivity contribution >= 4 is 29.8 Å². The van der Waals surface area contributed by atoms with Gasteiger partial charge in [-0.2, -0.15) is 0 Å². The zero-order valence-corrected chi connectivity index (χ0v) is 27.0. The van der Waals surface area contributed by atoms with Crippen molar-refractivity contribution in [2.45, 2.75) is 82.0 Å². The molecule has 0 fully saturated rings. The van der Waals surface area contributed by atoms with Crippen LogP contribution in [0.1, 0.15) is 56.9 Å². The summed E-state index contributed by atoms with van der Waals surface area (Å²) in [4.78, 5) is 65.5. The number of rotatable bonds is 11. The number of likely N-dealkylation sites (N-methyl/N-ethyl adjacent to an activating group) is 1. The number of aromatic hydroxyl groups is 1. The summed E-state index contributed by atoms with van der Waals surface area (Å²) in [5.74, 6) is -6.74. The minimum Gasteiger partial charge on any atom is -0.504 e. The maximum absolute atomic E-state index is 13.8. The number of benzene rings is 2. The van der Waals surface area contributed by atoms with E-state index in [-0.39, 0.29) is 35.3 Å². The van der Waals surface area contributed by atoms with Gasteiger partial charge in [0.15, 0.2) is 17.6 Å². The number of esters is 4. The van der Waals surface area contributed by atoms with Crippen LogP contribution >= 0.6 is 0 Å². The lowest BCUT2D eigenvalue weighted by molar-refractivity contribution is -0.194. The Kier molecular flexibility index (Phi) is 9.26. The molecule has 1 heterocycles. The fraction of sp³-hybridized carbons (Fsp3) is 0.441. The Morgan fingerprint density at radius 2 is 1.60 bits per heavy atom. The molecule has 5 rings (SSSR count). The molecular weight excluding hydrogens is 630 g/mol. The smallest absolute Gasteiger partial charge is 0.357 e. The second-order valence-corrected chi connectivity index (χ2v) is 12.2. The topological polar surface area (TPSA) is 195 Å². The second kappa shape index (κ2) is 12.9. The van der Waals surface area contributed by atoms with Gasteiger partial charge in [0.25, 0.3) is 0 Å². The zero-order chi connectivity index (χ0) is 35.1. The van der Waals surface area contributed by atoms with Gasteiger partial charge >= 0.3 is 29.8 Å². The molecule has 1 aliphatic heterocycles. The van der Waals surface area contributed by atoms with Crippen molar-refractivity contribution in [2.75, 3.05) is 13.6 Å². The average molecular weight is 668 g/mol. The summed E-state index contributed by atoms with van der Waals surface area (Å²) in [7, 11) is 1.88. The summed E-state index contributed by atoms with van der Waals surface area (Å²) in [6.45, 7) is 6.19. The van der Waals surface area contributed by atoms with Crippen LogP contribution in [0.25, 0.3) is 0 Å². The molecule has 14 nitrogen and oxygen atoms in total. The summed E-state index contributed by atoms with van der Waals surface area (Å²) >= 11 is 0. The number of carboxylic acid groups (broad SMARTS) is 1. The van der Waals surface area contributed by atoms with Crippen molar-refractivity contribution in [3.05, 3.63) is 71.0 Å². The van der Waals surface area contributed by atoms with Gasteiger partial charge in [-0.05, 0) is 44.6 Å². The Bertz CT molecular complexity index is 1670. The van der Waals surface area contributed by atoms with E-state index < -0.39 is 65.3 Å². The lowest BCUT2D eigenvalue weighted by Crippen LogP contribution is -2.69. The fourth-order valence-electron chi connectivity index (χ4n) is 6.97. The molecule has 14 heteroatoms. The van der Waals surface area contributed by atoms with Crippen LogP contribution in [0.15, 0.2) is 54.3 Å². The van der Waals surface area contributed by atoms with Gasteiger partial charge in [-0.3, -0.25) is 9.59 Å². The molecule has 0 spiro atoms. The molecular formula is C34H37NO13. The number of phenolic OH excluding ortho intramolecular Hbond substituents is 1. The van der Waals surface area contributed by atoms with E-state index in [9.17, 15) is 39.3 Å². The van der Waals surface area contributed by atoms with Crippen molar-refractivity contribution in [3.63, 3.8) is 0 Å². The fourth-order valence-corrected chi connectivity index (χ4v) is 6.97. The van der Waals surface area contributed by atoms with Crippen molar-refractivity contribution in [3.8, 4) is 11.5 Å². The molecule has 7 atom stereocenters. The first-order valence-electron chi connectivity index (χ1n) is 15.3. The first kappa shape index (κ1) is 34.4. The van der Waals surface area contributed by atoms with Gasteiger partial charge in [0.1, 0.15) is 5.76 Å². The first-order chi connectivity index (χ1) is 22.6. The Balaban J connectivity index is 1.50. The van der Waals surface area contributed by atoms with Gasteiger partial charge in [0.2, 0.25) is 18.3 Å². The average Bonchev–Trinajstić information content (AvgIpc) is 3.38. The Labute approximate surface area is 275 Å². The van der Waals surface area contributed by atoms with Crippen LogP contribution in [0.4, 0.5) is 0 Å². The second-order valence-electron chi connectivity index (χ2n) is 12.2. The number of hydrogen-bond acceptors (Lipinski definition) is 13. The zero-order valence-electron chi connectivity index (χ0n) is 27.0. The largest absolute Gasteiger partial charge is 0.504 e. The molecule has 0 amide bonds. The summed E-state index contributed by atoms with van der Waals surface area (Å²) < 4.78 is 27.3. The van der Waals surface area contributed by atoms with Crippen LogP contribution in [0.2, 0.25) is 0 Å². The number of carbonyl (C=O) groups excluding carboxylic acids is 4. The highest BCUT2D eigenvalue weighted by atomic mass is 16.6. The maximum Gasteiger partial charge on any atom is 0.357 e. The number of phenols is 1. The lowest BCUT2D eigenvalue weighted by atomic mass is 9.54. The molecule has 256 valence electrons. The molecule has 0 unspecified atom stereocenters. The number of hydrogen-bond donors (Lipinski definition) is 3. The van der Waals surface area contributed by atoms with Crippen LogP contribution in [0.5, 0.6) is 11.5 Å². The third-order valence-corrected chi connectivity index (χ3v) is 9.37. The number of carboxylic acids is 1. The van der Waals surface area contributed by atoms with E-state index in [0.29, 0.717) is 18.5 Å². The number of carbonyl (C=O) groups is 5. The molecule has 0 saturated heterocycles. The number of nitrogens with zero attached hydrogens (tertiary/aromatic N) is 1. The van der Waals surface area contributed by atoms with E-state index in [1.807, 2.05) is 18.9 Å². The Hall–Kier alpha value is -4.95. The molecule has 48 heavy (non-hydrogen) atoms. The van der Waals surface area contributed by atoms with Gasteiger partial charge < -0.3 is 43.9 Å². The number of aliphatic hydroxyl groups is 1. The number of aliphatic carboxylic acids is 1. The maximum atomic E-state index is 13.8. The quantitative estimate of drug-likeness (QED) is 0.233. The molecule has 3 N–H and O–H groups in total. The SMILES string of the molecule is CCN(C)[C@@H]1Cc2ccc(O)c3c2[C@@]2(C)[C@@H](O3)C(OC(=O)[C@H](OC(C)=O)[C@@H](OC(C)=O)C(=O)O[C@@H](C(=O)O)c3ccccc3)=CC[C@@]12O. The van der Waals surface area contributed by atoms with E-state index in [2.05, 4.69) is 0 Å². The van der Waals surface area contributed by atoms with Gasteiger partial charge in [-0.1, -0.05) is 43.3 Å². The van der Waals surface area contributed by atoms with Crippen molar-refractivity contribution in [1.29, 1.82) is 0 Å². The first-order valence-corrected chi connectivity index (χ1v) is 15.3. The Morgan fingerprint density at radius 3 is 2.19 bits per heavy atom. The van der Waals surface area contributed by atoms with Crippen molar-refractivity contribution in [1.82, 2.24) is 4.90 Å². The molecule has 2 aromatic rings. The van der Waals surface area contributed by atoms with Gasteiger partial charge in [0, 0.05) is 37.4 Å². The minimum absolute atomic E-state index is 0.0134. The molecule has 2 aliphatic carbocycles. The molecule has 0 saturated carbocycles. The normalized spacial score (nSPS) is 25.4. The third-order valence-electron chi connectivity index (χ3n) is 9.37. The van der Waals surface area contributed by atoms with Gasteiger partial charge in [-0.25, -0.2) is 14.4 Å².